The number of alkyl halides is 3. The van der Waals surface area contributed by atoms with E-state index in [0.717, 1.165) is 38.1 Å². The van der Waals surface area contributed by atoms with Crippen molar-refractivity contribution in [3.63, 3.8) is 0 Å². The van der Waals surface area contributed by atoms with Crippen LogP contribution >= 0.6 is 0 Å². The summed E-state index contributed by atoms with van der Waals surface area (Å²) in [6.07, 6.45) is -2.53. The second-order valence-corrected chi connectivity index (χ2v) is 5.69. The van der Waals surface area contributed by atoms with Crippen LogP contribution in [0.15, 0.2) is 18.2 Å². The van der Waals surface area contributed by atoms with Gasteiger partial charge in [-0.3, -0.25) is 10.1 Å². The highest BCUT2D eigenvalue weighted by atomic mass is 19.4. The van der Waals surface area contributed by atoms with Crippen molar-refractivity contribution < 1.29 is 22.8 Å². The van der Waals surface area contributed by atoms with Crippen molar-refractivity contribution in [2.24, 2.45) is 0 Å². The van der Waals surface area contributed by atoms with Crippen molar-refractivity contribution in [3.8, 4) is 0 Å². The quantitative estimate of drug-likeness (QED) is 0.756. The molecule has 1 aliphatic heterocycles. The molecule has 6 nitrogen and oxygen atoms in total. The van der Waals surface area contributed by atoms with Crippen LogP contribution in [0.25, 0.3) is 0 Å². The van der Waals surface area contributed by atoms with Crippen LogP contribution in [0.5, 0.6) is 0 Å². The van der Waals surface area contributed by atoms with E-state index in [4.69, 9.17) is 0 Å². The summed E-state index contributed by atoms with van der Waals surface area (Å²) >= 11 is 0. The van der Waals surface area contributed by atoms with Crippen LogP contribution in [0.2, 0.25) is 0 Å². The minimum atomic E-state index is -4.47. The summed E-state index contributed by atoms with van der Waals surface area (Å²) in [5.74, 6) is -0.629. The van der Waals surface area contributed by atoms with Crippen molar-refractivity contribution in [1.82, 2.24) is 10.6 Å². The van der Waals surface area contributed by atoms with Gasteiger partial charge in [0.1, 0.15) is 0 Å². The fourth-order valence-corrected chi connectivity index (χ4v) is 2.64. The maximum absolute atomic E-state index is 13.0. The van der Waals surface area contributed by atoms with Crippen molar-refractivity contribution in [2.45, 2.75) is 25.9 Å². The molecule has 2 rings (SSSR count). The van der Waals surface area contributed by atoms with Gasteiger partial charge in [-0.25, -0.2) is 4.79 Å². The Kier molecular flexibility index (Phi) is 6.11. The SMILES string of the molecule is CCNC(=O)NC(=O)CNc1cc(C(F)(F)F)ccc1N1CCCC1. The van der Waals surface area contributed by atoms with Crippen LogP contribution < -0.4 is 20.9 Å². The number of rotatable bonds is 5. The van der Waals surface area contributed by atoms with E-state index < -0.39 is 23.7 Å². The van der Waals surface area contributed by atoms with E-state index in [0.29, 0.717) is 12.2 Å². The molecule has 0 radical (unpaired) electrons. The van der Waals surface area contributed by atoms with Gasteiger partial charge in [-0.15, -0.1) is 0 Å². The predicted molar refractivity (Wildman–Crippen MR) is 88.6 cm³/mol. The first-order valence-electron chi connectivity index (χ1n) is 8.09. The number of anilines is 2. The fraction of sp³-hybridized carbons (Fsp3) is 0.500. The van der Waals surface area contributed by atoms with E-state index in [1.165, 1.54) is 6.07 Å². The van der Waals surface area contributed by atoms with Gasteiger partial charge >= 0.3 is 12.2 Å². The number of urea groups is 1. The maximum Gasteiger partial charge on any atom is 0.416 e. The lowest BCUT2D eigenvalue weighted by atomic mass is 10.1. The van der Waals surface area contributed by atoms with Gasteiger partial charge in [-0.05, 0) is 38.0 Å². The fourth-order valence-electron chi connectivity index (χ4n) is 2.64. The predicted octanol–water partition coefficient (Wildman–Crippen LogP) is 2.56. The lowest BCUT2D eigenvalue weighted by molar-refractivity contribution is -0.137. The van der Waals surface area contributed by atoms with Crippen molar-refractivity contribution in [1.29, 1.82) is 0 Å². The molecule has 1 aliphatic rings. The molecule has 1 aromatic rings. The monoisotopic (exact) mass is 358 g/mol. The Morgan fingerprint density at radius 1 is 1.20 bits per heavy atom. The average molecular weight is 358 g/mol. The van der Waals surface area contributed by atoms with Gasteiger partial charge in [0.05, 0.1) is 23.5 Å². The number of hydrogen-bond acceptors (Lipinski definition) is 4. The van der Waals surface area contributed by atoms with Crippen molar-refractivity contribution >= 4 is 23.3 Å². The molecule has 0 aromatic heterocycles. The zero-order chi connectivity index (χ0) is 18.4. The number of imide groups is 1. The molecule has 9 heteroatoms. The lowest BCUT2D eigenvalue weighted by Gasteiger charge is -2.23. The molecule has 25 heavy (non-hydrogen) atoms. The van der Waals surface area contributed by atoms with Crippen LogP contribution in [0.1, 0.15) is 25.3 Å². The molecule has 3 amide bonds. The molecule has 0 saturated carbocycles. The zero-order valence-corrected chi connectivity index (χ0v) is 13.9. The molecule has 0 atom stereocenters. The van der Waals surface area contributed by atoms with E-state index in [1.807, 2.05) is 4.90 Å². The van der Waals surface area contributed by atoms with Gasteiger partial charge in [-0.2, -0.15) is 13.2 Å². The smallest absolute Gasteiger partial charge is 0.374 e. The number of hydrogen-bond donors (Lipinski definition) is 3. The van der Waals surface area contributed by atoms with Crippen molar-refractivity contribution in [2.75, 3.05) is 36.4 Å². The second-order valence-electron chi connectivity index (χ2n) is 5.69. The second kappa shape index (κ2) is 8.09. The third kappa shape index (κ3) is 5.27. The minimum Gasteiger partial charge on any atom is -0.374 e. The van der Waals surface area contributed by atoms with Gasteiger partial charge in [0.2, 0.25) is 5.91 Å². The molecule has 1 fully saturated rings. The summed E-state index contributed by atoms with van der Waals surface area (Å²) < 4.78 is 38.9. The van der Waals surface area contributed by atoms with E-state index in [2.05, 4.69) is 16.0 Å². The van der Waals surface area contributed by atoms with Crippen LogP contribution in [-0.4, -0.2) is 38.1 Å². The van der Waals surface area contributed by atoms with Crippen LogP contribution in [-0.2, 0) is 11.0 Å². The Labute approximate surface area is 143 Å². The normalized spacial score (nSPS) is 14.3. The Morgan fingerprint density at radius 2 is 1.88 bits per heavy atom. The molecule has 1 saturated heterocycles. The first kappa shape index (κ1) is 18.9. The van der Waals surface area contributed by atoms with E-state index in [9.17, 15) is 22.8 Å². The molecule has 138 valence electrons. The Hall–Kier alpha value is -2.45. The van der Waals surface area contributed by atoms with Crippen LogP contribution in [0.4, 0.5) is 29.3 Å². The summed E-state index contributed by atoms with van der Waals surface area (Å²) in [4.78, 5) is 25.0. The Balaban J connectivity index is 2.12. The molecule has 0 unspecified atom stereocenters. The number of benzene rings is 1. The van der Waals surface area contributed by atoms with Gasteiger partial charge in [-0.1, -0.05) is 0 Å². The molecule has 0 spiro atoms. The van der Waals surface area contributed by atoms with Gasteiger partial charge in [0.25, 0.3) is 0 Å². The minimum absolute atomic E-state index is 0.225. The number of nitrogens with one attached hydrogen (secondary N) is 3. The summed E-state index contributed by atoms with van der Waals surface area (Å²) in [6, 6.07) is 2.80. The number of nitrogens with zero attached hydrogens (tertiary/aromatic N) is 1. The molecule has 3 N–H and O–H groups in total. The molecule has 0 bridgehead atoms. The number of carbonyl (C=O) groups excluding carboxylic acids is 2. The number of amides is 3. The van der Waals surface area contributed by atoms with Crippen molar-refractivity contribution in [3.05, 3.63) is 23.8 Å². The van der Waals surface area contributed by atoms with E-state index in [-0.39, 0.29) is 12.2 Å². The summed E-state index contributed by atoms with van der Waals surface area (Å²) in [6.45, 7) is 3.27. The van der Waals surface area contributed by atoms with Gasteiger partial charge < -0.3 is 15.5 Å². The van der Waals surface area contributed by atoms with E-state index in [1.54, 1.807) is 6.92 Å². The van der Waals surface area contributed by atoms with Gasteiger partial charge in [0.15, 0.2) is 0 Å². The maximum atomic E-state index is 13.0. The molecule has 0 aliphatic carbocycles. The highest BCUT2D eigenvalue weighted by Crippen LogP contribution is 2.36. The largest absolute Gasteiger partial charge is 0.416 e. The first-order chi connectivity index (χ1) is 11.8. The number of carbonyl (C=O) groups is 2. The Morgan fingerprint density at radius 3 is 2.48 bits per heavy atom. The number of halogens is 3. The molecule has 1 aromatic carbocycles. The third-order valence-electron chi connectivity index (χ3n) is 3.80. The summed E-state index contributed by atoms with van der Waals surface area (Å²) in [5, 5.41) is 7.22. The average Bonchev–Trinajstić information content (AvgIpc) is 3.06. The molecular weight excluding hydrogens is 337 g/mol. The highest BCUT2D eigenvalue weighted by Gasteiger charge is 2.31. The lowest BCUT2D eigenvalue weighted by Crippen LogP contribution is -2.41. The first-order valence-corrected chi connectivity index (χ1v) is 8.09. The van der Waals surface area contributed by atoms with Gasteiger partial charge in [0, 0.05) is 19.6 Å². The third-order valence-corrected chi connectivity index (χ3v) is 3.80. The Bertz CT molecular complexity index is 628. The summed E-state index contributed by atoms with van der Waals surface area (Å²) in [5.41, 5.74) is 0.0566. The standard InChI is InChI=1S/C16H21F3N4O2/c1-2-20-15(25)22-14(24)10-21-12-9-11(16(17,18)19)5-6-13(12)23-7-3-4-8-23/h5-6,9,21H,2-4,7-8,10H2,1H3,(H2,20,22,24,25). The topological polar surface area (TPSA) is 73.5 Å². The molecular formula is C16H21F3N4O2. The highest BCUT2D eigenvalue weighted by molar-refractivity contribution is 5.96. The van der Waals surface area contributed by atoms with E-state index >= 15 is 0 Å². The molecule has 1 heterocycles. The van der Waals surface area contributed by atoms with Crippen LogP contribution in [0.3, 0.4) is 0 Å². The zero-order valence-electron chi connectivity index (χ0n) is 13.9. The summed E-state index contributed by atoms with van der Waals surface area (Å²) in [7, 11) is 0. The van der Waals surface area contributed by atoms with Crippen LogP contribution in [0, 0.1) is 0 Å².